The molecule has 0 saturated carbocycles. The molecule has 94 valence electrons. The van der Waals surface area contributed by atoms with Crippen molar-refractivity contribution in [3.05, 3.63) is 23.8 Å². The monoisotopic (exact) mass is 235 g/mol. The van der Waals surface area contributed by atoms with Crippen LogP contribution < -0.4 is 9.64 Å². The zero-order chi connectivity index (χ0) is 12.1. The molecule has 0 aliphatic carbocycles. The number of hydrogen-bond donors (Lipinski definition) is 1. The van der Waals surface area contributed by atoms with Gasteiger partial charge in [-0.2, -0.15) is 0 Å². The second-order valence-corrected chi connectivity index (χ2v) is 4.60. The lowest BCUT2D eigenvalue weighted by molar-refractivity contribution is 0.283. The lowest BCUT2D eigenvalue weighted by atomic mass is 10.1. The Labute approximate surface area is 103 Å². The minimum atomic E-state index is 0.305. The fraction of sp³-hybridized carbons (Fsp3) is 0.571. The molecular weight excluding hydrogens is 214 g/mol. The van der Waals surface area contributed by atoms with Crippen LogP contribution in [0.4, 0.5) is 5.69 Å². The van der Waals surface area contributed by atoms with Crippen molar-refractivity contribution >= 4 is 5.69 Å². The first-order valence-electron chi connectivity index (χ1n) is 6.39. The summed E-state index contributed by atoms with van der Waals surface area (Å²) in [5.74, 6) is 1.04. The van der Waals surface area contributed by atoms with Gasteiger partial charge >= 0.3 is 0 Å². The summed E-state index contributed by atoms with van der Waals surface area (Å²) in [5.41, 5.74) is 2.59. The topological polar surface area (TPSA) is 32.7 Å². The maximum absolute atomic E-state index is 8.73. The third-order valence-electron chi connectivity index (χ3n) is 3.27. The van der Waals surface area contributed by atoms with Gasteiger partial charge in [0.2, 0.25) is 0 Å². The first kappa shape index (κ1) is 12.2. The minimum absolute atomic E-state index is 0.305. The SMILES string of the molecule is CN(CCCCCO)c1ccc2c(c1)CCO2. The van der Waals surface area contributed by atoms with Gasteiger partial charge in [0.25, 0.3) is 0 Å². The summed E-state index contributed by atoms with van der Waals surface area (Å²) in [6.07, 6.45) is 4.16. The number of nitrogens with zero attached hydrogens (tertiary/aromatic N) is 1. The van der Waals surface area contributed by atoms with Crippen molar-refractivity contribution in [3.8, 4) is 5.75 Å². The van der Waals surface area contributed by atoms with Gasteiger partial charge in [-0.15, -0.1) is 0 Å². The molecule has 0 unspecified atom stereocenters. The van der Waals surface area contributed by atoms with Crippen LogP contribution in [0.2, 0.25) is 0 Å². The van der Waals surface area contributed by atoms with E-state index in [9.17, 15) is 0 Å². The van der Waals surface area contributed by atoms with Crippen LogP contribution in [-0.4, -0.2) is 31.9 Å². The molecular formula is C14H21NO2. The molecule has 2 rings (SSSR count). The van der Waals surface area contributed by atoms with Gasteiger partial charge in [-0.3, -0.25) is 0 Å². The number of unbranched alkanes of at least 4 members (excludes halogenated alkanes) is 2. The molecule has 0 atom stereocenters. The number of anilines is 1. The second kappa shape index (κ2) is 5.92. The number of rotatable bonds is 6. The lowest BCUT2D eigenvalue weighted by Gasteiger charge is -2.19. The van der Waals surface area contributed by atoms with E-state index in [-0.39, 0.29) is 0 Å². The van der Waals surface area contributed by atoms with Crippen molar-refractivity contribution in [2.75, 3.05) is 31.7 Å². The van der Waals surface area contributed by atoms with E-state index in [1.54, 1.807) is 0 Å². The van der Waals surface area contributed by atoms with Crippen LogP contribution >= 0.6 is 0 Å². The Kier molecular flexibility index (Phi) is 4.26. The van der Waals surface area contributed by atoms with E-state index in [0.717, 1.165) is 44.6 Å². The van der Waals surface area contributed by atoms with E-state index >= 15 is 0 Å². The Hall–Kier alpha value is -1.22. The highest BCUT2D eigenvalue weighted by Crippen LogP contribution is 2.29. The van der Waals surface area contributed by atoms with Crippen LogP contribution in [0, 0.1) is 0 Å². The van der Waals surface area contributed by atoms with E-state index < -0.39 is 0 Å². The lowest BCUT2D eigenvalue weighted by Crippen LogP contribution is -2.18. The summed E-state index contributed by atoms with van der Waals surface area (Å²) in [6, 6.07) is 6.42. The van der Waals surface area contributed by atoms with Gasteiger partial charge in [-0.1, -0.05) is 0 Å². The summed E-state index contributed by atoms with van der Waals surface area (Å²) < 4.78 is 5.50. The van der Waals surface area contributed by atoms with Crippen molar-refractivity contribution in [2.24, 2.45) is 0 Å². The van der Waals surface area contributed by atoms with Crippen molar-refractivity contribution < 1.29 is 9.84 Å². The molecule has 0 spiro atoms. The van der Waals surface area contributed by atoms with Gasteiger partial charge in [0.05, 0.1) is 6.61 Å². The quantitative estimate of drug-likeness (QED) is 0.767. The van der Waals surface area contributed by atoms with Crippen molar-refractivity contribution in [1.82, 2.24) is 0 Å². The third kappa shape index (κ3) is 3.13. The van der Waals surface area contributed by atoms with Crippen molar-refractivity contribution in [3.63, 3.8) is 0 Å². The molecule has 0 fully saturated rings. The highest BCUT2D eigenvalue weighted by Gasteiger charge is 2.13. The summed E-state index contributed by atoms with van der Waals surface area (Å²) >= 11 is 0. The van der Waals surface area contributed by atoms with Gasteiger partial charge in [-0.05, 0) is 43.0 Å². The Balaban J connectivity index is 1.88. The normalized spacial score (nSPS) is 13.3. The molecule has 0 aromatic heterocycles. The summed E-state index contributed by atoms with van der Waals surface area (Å²) in [6.45, 7) is 2.17. The average Bonchev–Trinajstić information content (AvgIpc) is 2.81. The first-order chi connectivity index (χ1) is 8.31. The molecule has 3 nitrogen and oxygen atoms in total. The number of aliphatic hydroxyl groups excluding tert-OH is 1. The molecule has 0 saturated heterocycles. The van der Waals surface area contributed by atoms with Crippen LogP contribution in [0.1, 0.15) is 24.8 Å². The standard InChI is InChI=1S/C14H21NO2/c1-15(8-3-2-4-9-16)13-5-6-14-12(11-13)7-10-17-14/h5-6,11,16H,2-4,7-10H2,1H3. The minimum Gasteiger partial charge on any atom is -0.493 e. The molecule has 0 amide bonds. The summed E-state index contributed by atoms with van der Waals surface area (Å²) in [5, 5.41) is 8.73. The van der Waals surface area contributed by atoms with Gasteiger partial charge < -0.3 is 14.7 Å². The number of benzene rings is 1. The van der Waals surface area contributed by atoms with Crippen LogP contribution in [0.25, 0.3) is 0 Å². The molecule has 1 aromatic carbocycles. The summed E-state index contributed by atoms with van der Waals surface area (Å²) in [7, 11) is 2.12. The predicted molar refractivity (Wildman–Crippen MR) is 69.8 cm³/mol. The van der Waals surface area contributed by atoms with Crippen molar-refractivity contribution in [1.29, 1.82) is 0 Å². The second-order valence-electron chi connectivity index (χ2n) is 4.60. The van der Waals surface area contributed by atoms with E-state index in [1.807, 2.05) is 0 Å². The molecule has 1 heterocycles. The smallest absolute Gasteiger partial charge is 0.122 e. The molecule has 1 aliphatic heterocycles. The van der Waals surface area contributed by atoms with E-state index in [2.05, 4.69) is 30.1 Å². The molecule has 3 heteroatoms. The zero-order valence-corrected chi connectivity index (χ0v) is 10.5. The fourth-order valence-corrected chi connectivity index (χ4v) is 2.18. The molecule has 0 bridgehead atoms. The maximum atomic E-state index is 8.73. The first-order valence-corrected chi connectivity index (χ1v) is 6.39. The maximum Gasteiger partial charge on any atom is 0.122 e. The average molecular weight is 235 g/mol. The van der Waals surface area contributed by atoms with Crippen LogP contribution in [-0.2, 0) is 6.42 Å². The number of fused-ring (bicyclic) bond motifs is 1. The predicted octanol–water partition coefficient (Wildman–Crippen LogP) is 2.22. The fourth-order valence-electron chi connectivity index (χ4n) is 2.18. The number of aliphatic hydroxyl groups is 1. The molecule has 1 aromatic rings. The Morgan fingerprint density at radius 1 is 1.29 bits per heavy atom. The molecule has 0 radical (unpaired) electrons. The zero-order valence-electron chi connectivity index (χ0n) is 10.5. The van der Waals surface area contributed by atoms with Crippen LogP contribution in [0.3, 0.4) is 0 Å². The molecule has 1 aliphatic rings. The molecule has 17 heavy (non-hydrogen) atoms. The Morgan fingerprint density at radius 3 is 3.00 bits per heavy atom. The highest BCUT2D eigenvalue weighted by atomic mass is 16.5. The van der Waals surface area contributed by atoms with Gasteiger partial charge in [0, 0.05) is 32.3 Å². The number of hydrogen-bond acceptors (Lipinski definition) is 3. The van der Waals surface area contributed by atoms with Gasteiger partial charge in [0.15, 0.2) is 0 Å². The van der Waals surface area contributed by atoms with E-state index in [4.69, 9.17) is 9.84 Å². The summed E-state index contributed by atoms with van der Waals surface area (Å²) in [4.78, 5) is 2.27. The largest absolute Gasteiger partial charge is 0.493 e. The van der Waals surface area contributed by atoms with Crippen LogP contribution in [0.5, 0.6) is 5.75 Å². The van der Waals surface area contributed by atoms with Gasteiger partial charge in [-0.25, -0.2) is 0 Å². The van der Waals surface area contributed by atoms with Crippen molar-refractivity contribution in [2.45, 2.75) is 25.7 Å². The Bertz CT molecular complexity index is 365. The van der Waals surface area contributed by atoms with Crippen LogP contribution in [0.15, 0.2) is 18.2 Å². The van der Waals surface area contributed by atoms with E-state index in [1.165, 1.54) is 11.3 Å². The third-order valence-corrected chi connectivity index (χ3v) is 3.27. The molecule has 1 N–H and O–H groups in total. The highest BCUT2D eigenvalue weighted by molar-refractivity contribution is 5.53. The Morgan fingerprint density at radius 2 is 2.18 bits per heavy atom. The van der Waals surface area contributed by atoms with E-state index in [0.29, 0.717) is 6.61 Å². The van der Waals surface area contributed by atoms with Gasteiger partial charge in [0.1, 0.15) is 5.75 Å². The number of ether oxygens (including phenoxy) is 1.